The van der Waals surface area contributed by atoms with Gasteiger partial charge in [0.15, 0.2) is 0 Å². The van der Waals surface area contributed by atoms with Gasteiger partial charge >= 0.3 is 5.97 Å². The van der Waals surface area contributed by atoms with Gasteiger partial charge in [0.05, 0.1) is 5.56 Å². The van der Waals surface area contributed by atoms with Gasteiger partial charge in [-0.1, -0.05) is 38.8 Å². The fourth-order valence-electron chi connectivity index (χ4n) is 2.12. The Morgan fingerprint density at radius 1 is 1.25 bits per heavy atom. The maximum Gasteiger partial charge on any atom is 0.335 e. The first-order chi connectivity index (χ1) is 9.56. The smallest absolute Gasteiger partial charge is 0.335 e. The van der Waals surface area contributed by atoms with Gasteiger partial charge in [-0.25, -0.2) is 4.79 Å². The summed E-state index contributed by atoms with van der Waals surface area (Å²) < 4.78 is 0. The number of carboxylic acids is 1. The maximum absolute atomic E-state index is 11.7. The number of benzene rings is 1. The Balaban J connectivity index is 2.39. The molecular formula is C16H23NO3. The Hall–Kier alpha value is -1.84. The summed E-state index contributed by atoms with van der Waals surface area (Å²) >= 11 is 0. The number of amides is 1. The van der Waals surface area contributed by atoms with Crippen LogP contribution in [0.4, 0.5) is 0 Å². The van der Waals surface area contributed by atoms with Crippen LogP contribution >= 0.6 is 0 Å². The molecule has 0 saturated heterocycles. The molecule has 0 fully saturated rings. The first kappa shape index (κ1) is 16.2. The Kier molecular flexibility index (Phi) is 6.77. The van der Waals surface area contributed by atoms with E-state index in [4.69, 9.17) is 5.11 Å². The average Bonchev–Trinajstić information content (AvgIpc) is 2.45. The molecule has 2 N–H and O–H groups in total. The van der Waals surface area contributed by atoms with Gasteiger partial charge in [-0.05, 0) is 30.0 Å². The summed E-state index contributed by atoms with van der Waals surface area (Å²) in [4.78, 5) is 22.6. The molecular weight excluding hydrogens is 254 g/mol. The van der Waals surface area contributed by atoms with Crippen LogP contribution in [0.5, 0.6) is 0 Å². The lowest BCUT2D eigenvalue weighted by Gasteiger charge is -2.12. The van der Waals surface area contributed by atoms with Crippen molar-refractivity contribution in [1.82, 2.24) is 5.32 Å². The molecule has 0 aliphatic heterocycles. The van der Waals surface area contributed by atoms with E-state index in [-0.39, 0.29) is 11.5 Å². The summed E-state index contributed by atoms with van der Waals surface area (Å²) in [5, 5.41) is 11.8. The zero-order valence-electron chi connectivity index (χ0n) is 12.2. The molecule has 0 unspecified atom stereocenters. The number of nitrogens with one attached hydrogen (secondary N) is 1. The largest absolute Gasteiger partial charge is 0.478 e. The van der Waals surface area contributed by atoms with E-state index in [0.29, 0.717) is 25.3 Å². The predicted octanol–water partition coefficient (Wildman–Crippen LogP) is 2.87. The van der Waals surface area contributed by atoms with Crippen LogP contribution in [0.25, 0.3) is 0 Å². The Morgan fingerprint density at radius 2 is 1.95 bits per heavy atom. The molecule has 0 saturated carbocycles. The van der Waals surface area contributed by atoms with E-state index in [1.54, 1.807) is 18.2 Å². The molecule has 1 amide bonds. The molecule has 0 atom stereocenters. The van der Waals surface area contributed by atoms with E-state index in [1.807, 2.05) is 6.07 Å². The van der Waals surface area contributed by atoms with Crippen molar-refractivity contribution in [2.75, 3.05) is 6.54 Å². The van der Waals surface area contributed by atoms with Crippen LogP contribution in [0, 0.1) is 5.92 Å². The SMILES string of the molecule is CCC(CC)CC(=O)NCCc1cccc(C(=O)O)c1. The van der Waals surface area contributed by atoms with E-state index in [2.05, 4.69) is 19.2 Å². The number of hydrogen-bond acceptors (Lipinski definition) is 2. The zero-order chi connectivity index (χ0) is 15.0. The van der Waals surface area contributed by atoms with Crippen molar-refractivity contribution in [2.45, 2.75) is 39.5 Å². The van der Waals surface area contributed by atoms with E-state index in [1.165, 1.54) is 0 Å². The summed E-state index contributed by atoms with van der Waals surface area (Å²) in [6, 6.07) is 6.82. The quantitative estimate of drug-likeness (QED) is 0.768. The van der Waals surface area contributed by atoms with Crippen molar-refractivity contribution >= 4 is 11.9 Å². The van der Waals surface area contributed by atoms with Crippen LogP contribution in [0.1, 0.15) is 49.0 Å². The Labute approximate surface area is 120 Å². The van der Waals surface area contributed by atoms with E-state index in [9.17, 15) is 9.59 Å². The van der Waals surface area contributed by atoms with Gasteiger partial charge in [0, 0.05) is 13.0 Å². The number of rotatable bonds is 8. The number of aromatic carboxylic acids is 1. The van der Waals surface area contributed by atoms with Gasteiger partial charge in [-0.3, -0.25) is 4.79 Å². The van der Waals surface area contributed by atoms with E-state index < -0.39 is 5.97 Å². The molecule has 0 aliphatic carbocycles. The van der Waals surface area contributed by atoms with Gasteiger partial charge in [0.25, 0.3) is 0 Å². The molecule has 4 nitrogen and oxygen atoms in total. The molecule has 0 aliphatic rings. The second-order valence-corrected chi connectivity index (χ2v) is 4.99. The summed E-state index contributed by atoms with van der Waals surface area (Å²) in [5.41, 5.74) is 1.21. The van der Waals surface area contributed by atoms with Crippen molar-refractivity contribution in [1.29, 1.82) is 0 Å². The van der Waals surface area contributed by atoms with Crippen LogP contribution in [0.15, 0.2) is 24.3 Å². The molecule has 0 heterocycles. The summed E-state index contributed by atoms with van der Waals surface area (Å²) in [6.07, 6.45) is 3.26. The third kappa shape index (κ3) is 5.43. The third-order valence-corrected chi connectivity index (χ3v) is 3.54. The summed E-state index contributed by atoms with van der Waals surface area (Å²) in [5.74, 6) is -0.400. The molecule has 1 aromatic carbocycles. The summed E-state index contributed by atoms with van der Waals surface area (Å²) in [7, 11) is 0. The van der Waals surface area contributed by atoms with Gasteiger partial charge in [0.1, 0.15) is 0 Å². The average molecular weight is 277 g/mol. The molecule has 4 heteroatoms. The normalized spacial score (nSPS) is 10.6. The van der Waals surface area contributed by atoms with Crippen molar-refractivity contribution in [3.63, 3.8) is 0 Å². The highest BCUT2D eigenvalue weighted by Gasteiger charge is 2.09. The molecule has 110 valence electrons. The molecule has 1 aromatic rings. The van der Waals surface area contributed by atoms with E-state index in [0.717, 1.165) is 18.4 Å². The highest BCUT2D eigenvalue weighted by molar-refractivity contribution is 5.87. The molecule has 0 aromatic heterocycles. The third-order valence-electron chi connectivity index (χ3n) is 3.54. The highest BCUT2D eigenvalue weighted by Crippen LogP contribution is 2.12. The zero-order valence-corrected chi connectivity index (χ0v) is 12.2. The number of carboxylic acid groups (broad SMARTS) is 1. The fraction of sp³-hybridized carbons (Fsp3) is 0.500. The topological polar surface area (TPSA) is 66.4 Å². The van der Waals surface area contributed by atoms with Gasteiger partial charge in [-0.2, -0.15) is 0 Å². The number of hydrogen-bond donors (Lipinski definition) is 2. The summed E-state index contributed by atoms with van der Waals surface area (Å²) in [6.45, 7) is 4.74. The molecule has 0 spiro atoms. The second kappa shape index (κ2) is 8.35. The van der Waals surface area contributed by atoms with Gasteiger partial charge < -0.3 is 10.4 Å². The van der Waals surface area contributed by atoms with E-state index >= 15 is 0 Å². The highest BCUT2D eigenvalue weighted by atomic mass is 16.4. The second-order valence-electron chi connectivity index (χ2n) is 4.99. The minimum Gasteiger partial charge on any atom is -0.478 e. The van der Waals surface area contributed by atoms with Crippen LogP contribution in [-0.2, 0) is 11.2 Å². The predicted molar refractivity (Wildman–Crippen MR) is 78.8 cm³/mol. The standard InChI is InChI=1S/C16H23NO3/c1-3-12(4-2)11-15(18)17-9-8-13-6-5-7-14(10-13)16(19)20/h5-7,10,12H,3-4,8-9,11H2,1-2H3,(H,17,18)(H,19,20). The molecule has 0 bridgehead atoms. The monoisotopic (exact) mass is 277 g/mol. The van der Waals surface area contributed by atoms with Crippen molar-refractivity contribution in [2.24, 2.45) is 5.92 Å². The van der Waals surface area contributed by atoms with Crippen LogP contribution < -0.4 is 5.32 Å². The van der Waals surface area contributed by atoms with Crippen LogP contribution in [0.2, 0.25) is 0 Å². The van der Waals surface area contributed by atoms with Crippen molar-refractivity contribution in [3.8, 4) is 0 Å². The van der Waals surface area contributed by atoms with Crippen molar-refractivity contribution < 1.29 is 14.7 Å². The lowest BCUT2D eigenvalue weighted by molar-refractivity contribution is -0.122. The van der Waals surface area contributed by atoms with Crippen molar-refractivity contribution in [3.05, 3.63) is 35.4 Å². The van der Waals surface area contributed by atoms with Crippen LogP contribution in [-0.4, -0.2) is 23.5 Å². The Morgan fingerprint density at radius 3 is 2.55 bits per heavy atom. The molecule has 1 rings (SSSR count). The lowest BCUT2D eigenvalue weighted by atomic mass is 9.99. The lowest BCUT2D eigenvalue weighted by Crippen LogP contribution is -2.27. The molecule has 0 radical (unpaired) electrons. The Bertz CT molecular complexity index is 453. The van der Waals surface area contributed by atoms with Gasteiger partial charge in [0.2, 0.25) is 5.91 Å². The first-order valence-corrected chi connectivity index (χ1v) is 7.15. The number of carbonyl (C=O) groups is 2. The molecule has 20 heavy (non-hydrogen) atoms. The maximum atomic E-state index is 11.7. The van der Waals surface area contributed by atoms with Gasteiger partial charge in [-0.15, -0.1) is 0 Å². The fourth-order valence-corrected chi connectivity index (χ4v) is 2.12. The van der Waals surface area contributed by atoms with Crippen LogP contribution in [0.3, 0.4) is 0 Å². The first-order valence-electron chi connectivity index (χ1n) is 7.15. The number of carbonyl (C=O) groups excluding carboxylic acids is 1. The minimum atomic E-state index is -0.926. The minimum absolute atomic E-state index is 0.0769.